The van der Waals surface area contributed by atoms with Gasteiger partial charge in [0.25, 0.3) is 0 Å². The van der Waals surface area contributed by atoms with E-state index >= 15 is 0 Å². The molecule has 0 fully saturated rings. The van der Waals surface area contributed by atoms with Gasteiger partial charge >= 0.3 is 11.9 Å². The van der Waals surface area contributed by atoms with Crippen molar-refractivity contribution in [2.45, 2.75) is 38.7 Å². The van der Waals surface area contributed by atoms with Gasteiger partial charge in [0, 0.05) is 22.8 Å². The fourth-order valence-electron chi connectivity index (χ4n) is 3.78. The lowest BCUT2D eigenvalue weighted by Gasteiger charge is -2.36. The van der Waals surface area contributed by atoms with Crippen LogP contribution in [0.1, 0.15) is 33.3 Å². The van der Waals surface area contributed by atoms with Crippen LogP contribution in [0.3, 0.4) is 0 Å². The second-order valence-electron chi connectivity index (χ2n) is 8.30. The molecule has 2 aliphatic rings. The van der Waals surface area contributed by atoms with Crippen LogP contribution >= 0.6 is 15.9 Å². The number of anilines is 1. The fourth-order valence-corrected chi connectivity index (χ4v) is 4.14. The first-order valence-corrected chi connectivity index (χ1v) is 10.6. The van der Waals surface area contributed by atoms with Gasteiger partial charge in [-0.05, 0) is 45.9 Å². The number of hydrogen-bond donors (Lipinski definition) is 2. The molecule has 0 aromatic heterocycles. The number of carbonyl (C=O) groups excluding carboxylic acids is 3. The smallest absolute Gasteiger partial charge is 0.341 e. The molecule has 1 amide bonds. The van der Waals surface area contributed by atoms with Crippen molar-refractivity contribution in [3.63, 3.8) is 0 Å². The van der Waals surface area contributed by atoms with E-state index in [1.807, 2.05) is 0 Å². The Morgan fingerprint density at radius 2 is 1.88 bits per heavy atom. The average Bonchev–Trinajstić information content (AvgIpc) is 2.92. The van der Waals surface area contributed by atoms with Gasteiger partial charge in [0.2, 0.25) is 11.8 Å². The summed E-state index contributed by atoms with van der Waals surface area (Å²) in [6.45, 7) is 6.63. The SMILES string of the molecule is COCCOC(=O)C1=C(N)OC(C)=C(C(=O)OC(C)(C)C)[C@@]12C(=O)Nc1ccc(Br)cc12. The topological polar surface area (TPSA) is 126 Å². The molecule has 1 aromatic carbocycles. The van der Waals surface area contributed by atoms with Crippen LogP contribution in [-0.2, 0) is 38.7 Å². The molecule has 172 valence electrons. The Balaban J connectivity index is 2.29. The summed E-state index contributed by atoms with van der Waals surface area (Å²) in [7, 11) is 1.46. The van der Waals surface area contributed by atoms with E-state index in [0.717, 1.165) is 0 Å². The van der Waals surface area contributed by atoms with Gasteiger partial charge in [-0.2, -0.15) is 0 Å². The highest BCUT2D eigenvalue weighted by Crippen LogP contribution is 2.53. The number of allylic oxidation sites excluding steroid dienone is 1. The second kappa shape index (κ2) is 8.59. The van der Waals surface area contributed by atoms with E-state index in [4.69, 9.17) is 24.7 Å². The standard InChI is InChI=1S/C22H25BrN2O7/c1-11-15(19(27)32-21(2,3)4)22(13-10-12(23)6-7-14(13)25-20(22)28)16(17(24)31-11)18(26)30-9-8-29-5/h6-7,10H,8-9,24H2,1-5H3,(H,25,28)/t22-/m1/s1. The van der Waals surface area contributed by atoms with Gasteiger partial charge < -0.3 is 30.0 Å². The number of benzene rings is 1. The lowest BCUT2D eigenvalue weighted by molar-refractivity contribution is -0.152. The van der Waals surface area contributed by atoms with E-state index in [2.05, 4.69) is 21.2 Å². The van der Waals surface area contributed by atoms with Crippen molar-refractivity contribution in [3.8, 4) is 0 Å². The van der Waals surface area contributed by atoms with Gasteiger partial charge in [0.05, 0.1) is 6.61 Å². The summed E-state index contributed by atoms with van der Waals surface area (Å²) >= 11 is 3.40. The first-order valence-electron chi connectivity index (χ1n) is 9.83. The van der Waals surface area contributed by atoms with Crippen molar-refractivity contribution >= 4 is 39.5 Å². The molecule has 0 saturated carbocycles. The highest BCUT2D eigenvalue weighted by atomic mass is 79.9. The maximum Gasteiger partial charge on any atom is 0.341 e. The van der Waals surface area contributed by atoms with E-state index in [1.54, 1.807) is 39.0 Å². The number of methoxy groups -OCH3 is 1. The zero-order valence-electron chi connectivity index (χ0n) is 18.5. The Bertz CT molecular complexity index is 1050. The molecule has 3 rings (SSSR count). The summed E-state index contributed by atoms with van der Waals surface area (Å²) in [5.74, 6) is -2.65. The lowest BCUT2D eigenvalue weighted by Crippen LogP contribution is -2.49. The molecular formula is C22H25BrN2O7. The first-order chi connectivity index (χ1) is 14.9. The Morgan fingerprint density at radius 3 is 2.50 bits per heavy atom. The Morgan fingerprint density at radius 1 is 1.19 bits per heavy atom. The van der Waals surface area contributed by atoms with Crippen molar-refractivity contribution in [2.75, 3.05) is 25.6 Å². The van der Waals surface area contributed by atoms with Crippen LogP contribution in [0.15, 0.2) is 45.5 Å². The van der Waals surface area contributed by atoms with Crippen LogP contribution in [0.25, 0.3) is 0 Å². The molecule has 2 heterocycles. The summed E-state index contributed by atoms with van der Waals surface area (Å²) in [6.07, 6.45) is 0. The number of amides is 1. The van der Waals surface area contributed by atoms with E-state index < -0.39 is 28.9 Å². The normalized spacial score (nSPS) is 20.1. The Hall–Kier alpha value is -2.85. The number of hydrogen-bond acceptors (Lipinski definition) is 8. The summed E-state index contributed by atoms with van der Waals surface area (Å²) in [5, 5.41) is 2.75. The molecule has 32 heavy (non-hydrogen) atoms. The van der Waals surface area contributed by atoms with Crippen molar-refractivity contribution in [3.05, 3.63) is 51.0 Å². The zero-order chi connectivity index (χ0) is 23.8. The summed E-state index contributed by atoms with van der Waals surface area (Å²) in [4.78, 5) is 40.1. The van der Waals surface area contributed by atoms with Gasteiger partial charge in [-0.15, -0.1) is 0 Å². The summed E-state index contributed by atoms with van der Waals surface area (Å²) in [6, 6.07) is 5.03. The Kier molecular flexibility index (Phi) is 6.39. The van der Waals surface area contributed by atoms with Crippen LogP contribution in [0.2, 0.25) is 0 Å². The third-order valence-corrected chi connectivity index (χ3v) is 5.41. The molecule has 0 unspecified atom stereocenters. The number of nitrogens with one attached hydrogen (secondary N) is 1. The maximum atomic E-state index is 13.6. The van der Waals surface area contributed by atoms with Crippen LogP contribution in [0.5, 0.6) is 0 Å². The quantitative estimate of drug-likeness (QED) is 0.459. The molecule has 10 heteroatoms. The highest BCUT2D eigenvalue weighted by molar-refractivity contribution is 9.10. The molecule has 1 atom stereocenters. The highest BCUT2D eigenvalue weighted by Gasteiger charge is 2.62. The predicted octanol–water partition coefficient (Wildman–Crippen LogP) is 2.64. The molecule has 0 radical (unpaired) electrons. The molecule has 1 aromatic rings. The number of esters is 2. The summed E-state index contributed by atoms with van der Waals surface area (Å²) < 4.78 is 22.0. The number of carbonyl (C=O) groups is 3. The van der Waals surface area contributed by atoms with Crippen molar-refractivity contribution in [2.24, 2.45) is 5.73 Å². The predicted molar refractivity (Wildman–Crippen MR) is 118 cm³/mol. The molecule has 2 aliphatic heterocycles. The van der Waals surface area contributed by atoms with Gasteiger partial charge in [0.1, 0.15) is 34.5 Å². The lowest BCUT2D eigenvalue weighted by atomic mass is 9.67. The average molecular weight is 509 g/mol. The van der Waals surface area contributed by atoms with Crippen molar-refractivity contribution in [1.82, 2.24) is 0 Å². The van der Waals surface area contributed by atoms with Crippen LogP contribution in [0.4, 0.5) is 5.69 Å². The zero-order valence-corrected chi connectivity index (χ0v) is 20.0. The number of nitrogens with two attached hydrogens (primary N) is 1. The van der Waals surface area contributed by atoms with Crippen molar-refractivity contribution < 1.29 is 33.3 Å². The van der Waals surface area contributed by atoms with E-state index in [9.17, 15) is 14.4 Å². The van der Waals surface area contributed by atoms with Gasteiger partial charge in [-0.25, -0.2) is 9.59 Å². The number of ether oxygens (including phenoxy) is 4. The minimum Gasteiger partial charge on any atom is -0.460 e. The molecule has 1 spiro atoms. The molecule has 3 N–H and O–H groups in total. The van der Waals surface area contributed by atoms with Gasteiger partial charge in [-0.1, -0.05) is 15.9 Å². The minimum absolute atomic E-state index is 0.0492. The minimum atomic E-state index is -1.92. The maximum absolute atomic E-state index is 13.6. The molecule has 0 saturated heterocycles. The van der Waals surface area contributed by atoms with E-state index in [1.165, 1.54) is 14.0 Å². The Labute approximate surface area is 194 Å². The molecule has 0 aliphatic carbocycles. The van der Waals surface area contributed by atoms with Gasteiger partial charge in [0.15, 0.2) is 0 Å². The summed E-state index contributed by atoms with van der Waals surface area (Å²) in [5.41, 5.74) is 3.67. The number of halogens is 1. The van der Waals surface area contributed by atoms with Crippen molar-refractivity contribution in [1.29, 1.82) is 0 Å². The first kappa shape index (κ1) is 23.8. The number of fused-ring (bicyclic) bond motifs is 2. The fraction of sp³-hybridized carbons (Fsp3) is 0.409. The van der Waals surface area contributed by atoms with E-state index in [-0.39, 0.29) is 36.0 Å². The third-order valence-electron chi connectivity index (χ3n) is 4.91. The largest absolute Gasteiger partial charge is 0.460 e. The molecule has 9 nitrogen and oxygen atoms in total. The molecular weight excluding hydrogens is 484 g/mol. The van der Waals surface area contributed by atoms with Gasteiger partial charge in [-0.3, -0.25) is 4.79 Å². The monoisotopic (exact) mass is 508 g/mol. The van der Waals surface area contributed by atoms with Crippen LogP contribution < -0.4 is 11.1 Å². The second-order valence-corrected chi connectivity index (χ2v) is 9.21. The van der Waals surface area contributed by atoms with E-state index in [0.29, 0.717) is 15.7 Å². The third kappa shape index (κ3) is 4.00. The number of rotatable bonds is 5. The van der Waals surface area contributed by atoms with Crippen LogP contribution in [0, 0.1) is 0 Å². The van der Waals surface area contributed by atoms with Crippen LogP contribution in [-0.4, -0.2) is 43.8 Å². The molecule has 0 bridgehead atoms.